The molecule has 0 aliphatic rings. The second kappa shape index (κ2) is 8.40. The Balaban J connectivity index is 1.80. The third-order valence-corrected chi connectivity index (χ3v) is 8.29. The minimum atomic E-state index is -3.55. The molecule has 3 aromatic rings. The predicted octanol–water partition coefficient (Wildman–Crippen LogP) is 2.21. The molecule has 0 aliphatic heterocycles. The average molecular weight is 447 g/mol. The first-order valence-corrected chi connectivity index (χ1v) is 14.6. The number of rotatable bonds is 7. The van der Waals surface area contributed by atoms with Crippen LogP contribution in [0.25, 0.3) is 22.8 Å². The number of sulfonamides is 1. The molecule has 6 nitrogen and oxygen atoms in total. The van der Waals surface area contributed by atoms with E-state index in [2.05, 4.69) is 33.3 Å². The van der Waals surface area contributed by atoms with Crippen LogP contribution in [0.1, 0.15) is 0 Å². The molecule has 1 aromatic heterocycles. The van der Waals surface area contributed by atoms with Gasteiger partial charge in [-0.25, -0.2) is 13.1 Å². The Kier molecular flexibility index (Phi) is 6.17. The van der Waals surface area contributed by atoms with Crippen LogP contribution in [0.15, 0.2) is 64.0 Å². The normalized spacial score (nSPS) is 11.9. The van der Waals surface area contributed by atoms with Crippen LogP contribution in [-0.4, -0.2) is 41.1 Å². The van der Waals surface area contributed by atoms with Crippen molar-refractivity contribution in [1.82, 2.24) is 9.71 Å². The molecule has 3 N–H and O–H groups in total. The molecule has 0 unspecified atom stereocenters. The fourth-order valence-electron chi connectivity index (χ4n) is 2.52. The van der Waals surface area contributed by atoms with Crippen LogP contribution in [0.5, 0.6) is 0 Å². The first-order chi connectivity index (χ1) is 12.9. The first-order valence-electron chi connectivity index (χ1n) is 8.44. The maximum absolute atomic E-state index is 12.1. The number of benzene rings is 2. The predicted molar refractivity (Wildman–Crippen MR) is 109 cm³/mol. The van der Waals surface area contributed by atoms with Gasteiger partial charge in [0, 0.05) is 13.1 Å². The van der Waals surface area contributed by atoms with Crippen LogP contribution < -0.4 is 14.8 Å². The van der Waals surface area contributed by atoms with E-state index in [9.17, 15) is 8.42 Å². The van der Waals surface area contributed by atoms with Crippen molar-refractivity contribution < 1.29 is 12.8 Å². The van der Waals surface area contributed by atoms with Crippen molar-refractivity contribution in [2.45, 2.75) is 16.3 Å². The Morgan fingerprint density at radius 1 is 1.04 bits per heavy atom. The van der Waals surface area contributed by atoms with E-state index in [0.29, 0.717) is 17.2 Å². The summed E-state index contributed by atoms with van der Waals surface area (Å²) in [5, 5.41) is 0. The summed E-state index contributed by atoms with van der Waals surface area (Å²) in [7, 11) is -3.55. The summed E-state index contributed by atoms with van der Waals surface area (Å²) >= 11 is -0.886. The van der Waals surface area contributed by atoms with E-state index in [-0.39, 0.29) is 18.0 Å². The van der Waals surface area contributed by atoms with Gasteiger partial charge in [-0.3, -0.25) is 0 Å². The molecular formula is C19H22AsN3O3S. The minimum absolute atomic E-state index is 0.181. The third-order valence-electron chi connectivity index (χ3n) is 4.02. The quantitative estimate of drug-likeness (QED) is 0.542. The molecule has 0 amide bonds. The molecule has 0 atom stereocenters. The number of nitrogens with two attached hydrogens (primary N) is 1. The SMILES string of the molecule is C[As](C)c1ccc(-c2cnc(-c3ccc(S(=O)(=O)NCCN)cc3)o2)cc1. The molecule has 27 heavy (non-hydrogen) atoms. The fourth-order valence-corrected chi connectivity index (χ4v) is 5.13. The van der Waals surface area contributed by atoms with Crippen molar-refractivity contribution in [3.05, 3.63) is 54.7 Å². The van der Waals surface area contributed by atoms with Gasteiger partial charge in [0.1, 0.15) is 0 Å². The van der Waals surface area contributed by atoms with E-state index < -0.39 is 24.7 Å². The van der Waals surface area contributed by atoms with Crippen molar-refractivity contribution in [2.24, 2.45) is 5.73 Å². The number of nitrogens with zero attached hydrogens (tertiary/aromatic N) is 1. The van der Waals surface area contributed by atoms with Gasteiger partial charge in [-0.05, 0) is 0 Å². The van der Waals surface area contributed by atoms with Crippen molar-refractivity contribution in [1.29, 1.82) is 0 Å². The Hall–Kier alpha value is -1.92. The molecule has 8 heteroatoms. The second-order valence-electron chi connectivity index (χ2n) is 6.18. The maximum atomic E-state index is 12.1. The summed E-state index contributed by atoms with van der Waals surface area (Å²) in [6, 6.07) is 14.8. The average Bonchev–Trinajstić information content (AvgIpc) is 3.17. The Labute approximate surface area is 164 Å². The molecule has 0 spiro atoms. The molecule has 2 aromatic carbocycles. The van der Waals surface area contributed by atoms with E-state index >= 15 is 0 Å². The van der Waals surface area contributed by atoms with Gasteiger partial charge in [0.25, 0.3) is 0 Å². The van der Waals surface area contributed by atoms with Crippen LogP contribution in [-0.2, 0) is 10.0 Å². The first kappa shape index (κ1) is 19.8. The molecule has 0 fully saturated rings. The van der Waals surface area contributed by atoms with E-state index in [0.717, 1.165) is 5.56 Å². The summed E-state index contributed by atoms with van der Waals surface area (Å²) < 4.78 is 33.9. The van der Waals surface area contributed by atoms with Crippen molar-refractivity contribution in [3.8, 4) is 22.8 Å². The zero-order valence-corrected chi connectivity index (χ0v) is 17.9. The van der Waals surface area contributed by atoms with Crippen molar-refractivity contribution >= 4 is 29.0 Å². The van der Waals surface area contributed by atoms with Crippen LogP contribution in [0.2, 0.25) is 11.4 Å². The van der Waals surface area contributed by atoms with Crippen molar-refractivity contribution in [2.75, 3.05) is 13.1 Å². The topological polar surface area (TPSA) is 98.2 Å². The van der Waals surface area contributed by atoms with Crippen molar-refractivity contribution in [3.63, 3.8) is 0 Å². The van der Waals surface area contributed by atoms with E-state index in [1.807, 2.05) is 12.1 Å². The Morgan fingerprint density at radius 2 is 1.67 bits per heavy atom. The number of hydrogen-bond donors (Lipinski definition) is 2. The summed E-state index contributed by atoms with van der Waals surface area (Å²) in [4.78, 5) is 4.50. The summed E-state index contributed by atoms with van der Waals surface area (Å²) in [5.41, 5.74) is 11.6. The number of oxazole rings is 1. The molecule has 142 valence electrons. The molecule has 3 rings (SSSR count). The van der Waals surface area contributed by atoms with Gasteiger partial charge in [0.15, 0.2) is 0 Å². The second-order valence-corrected chi connectivity index (χ2v) is 12.8. The van der Waals surface area contributed by atoms with Gasteiger partial charge >= 0.3 is 132 Å². The summed E-state index contributed by atoms with van der Waals surface area (Å²) in [5.74, 6) is 1.13. The van der Waals surface area contributed by atoms with E-state index in [4.69, 9.17) is 10.2 Å². The van der Waals surface area contributed by atoms with Crippen LogP contribution in [0, 0.1) is 0 Å². The number of hydrogen-bond acceptors (Lipinski definition) is 5. The molecule has 0 saturated heterocycles. The van der Waals surface area contributed by atoms with Gasteiger partial charge in [-0.2, -0.15) is 0 Å². The number of nitrogens with one attached hydrogen (secondary N) is 1. The van der Waals surface area contributed by atoms with Gasteiger partial charge in [0.2, 0.25) is 0 Å². The van der Waals surface area contributed by atoms with Gasteiger partial charge in [0.05, 0.1) is 0 Å². The molecule has 0 aliphatic carbocycles. The Morgan fingerprint density at radius 3 is 2.26 bits per heavy atom. The summed E-state index contributed by atoms with van der Waals surface area (Å²) in [6.45, 7) is 0.447. The number of aromatic nitrogens is 1. The van der Waals surface area contributed by atoms with E-state index in [1.54, 1.807) is 18.3 Å². The van der Waals surface area contributed by atoms with Gasteiger partial charge in [-0.15, -0.1) is 0 Å². The van der Waals surface area contributed by atoms with Crippen LogP contribution in [0.4, 0.5) is 0 Å². The fraction of sp³-hybridized carbons (Fsp3) is 0.211. The molecular weight excluding hydrogens is 425 g/mol. The molecule has 0 radical (unpaired) electrons. The zero-order valence-electron chi connectivity index (χ0n) is 15.2. The molecule has 1 heterocycles. The standard InChI is InChI=1S/C19H22AsN3O3S/c1-20(2)16-7-3-14(4-8-16)18-13-22-19(26-18)15-5-9-17(10-6-15)27(24,25)23-12-11-21/h3-10,13,23H,11-12,21H2,1-2H3. The third kappa shape index (κ3) is 4.68. The van der Waals surface area contributed by atoms with Crippen LogP contribution >= 0.6 is 0 Å². The van der Waals surface area contributed by atoms with Gasteiger partial charge < -0.3 is 5.73 Å². The Bertz CT molecular complexity index is 997. The van der Waals surface area contributed by atoms with Crippen LogP contribution in [0.3, 0.4) is 0 Å². The monoisotopic (exact) mass is 447 g/mol. The zero-order chi connectivity index (χ0) is 19.4. The molecule has 0 saturated carbocycles. The van der Waals surface area contributed by atoms with E-state index in [1.165, 1.54) is 16.5 Å². The molecule has 0 bridgehead atoms. The van der Waals surface area contributed by atoms with Gasteiger partial charge in [-0.1, -0.05) is 0 Å². The summed E-state index contributed by atoms with van der Waals surface area (Å²) in [6.07, 6.45) is 1.69.